The Balaban J connectivity index is 1.33. The Morgan fingerprint density at radius 3 is 2.31 bits per heavy atom. The number of aryl methyl sites for hydroxylation is 1. The molecule has 1 aliphatic rings. The number of nitrogens with zero attached hydrogens (tertiary/aromatic N) is 3. The number of hydrogen-bond donors (Lipinski definition) is 1. The van der Waals surface area contributed by atoms with Crippen LogP contribution in [0.25, 0.3) is 22.0 Å². The number of benzene rings is 3. The fraction of sp³-hybridized carbons (Fsp3) is 0.310. The summed E-state index contributed by atoms with van der Waals surface area (Å²) in [5.41, 5.74) is 3.50. The molecule has 1 N–H and O–H groups in total. The molecule has 0 radical (unpaired) electrons. The minimum Gasteiger partial charge on any atom is -0.497 e. The third-order valence-electron chi connectivity index (χ3n) is 6.92. The van der Waals surface area contributed by atoms with Crippen molar-refractivity contribution in [3.8, 4) is 22.8 Å². The molecule has 4 aromatic rings. The molecular formula is C29H31FN4O2. The summed E-state index contributed by atoms with van der Waals surface area (Å²) in [5, 5.41) is 14.8. The van der Waals surface area contributed by atoms with Gasteiger partial charge in [-0.3, -0.25) is 4.90 Å². The lowest BCUT2D eigenvalue weighted by Gasteiger charge is -2.32. The Labute approximate surface area is 211 Å². The molecule has 186 valence electrons. The van der Waals surface area contributed by atoms with Crippen molar-refractivity contribution in [2.45, 2.75) is 32.4 Å². The number of anilines is 1. The average Bonchev–Trinajstić information content (AvgIpc) is 2.92. The second kappa shape index (κ2) is 10.5. The van der Waals surface area contributed by atoms with Crippen molar-refractivity contribution in [2.75, 3.05) is 32.6 Å². The van der Waals surface area contributed by atoms with Crippen LogP contribution >= 0.6 is 0 Å². The largest absolute Gasteiger partial charge is 0.497 e. The van der Waals surface area contributed by atoms with E-state index in [1.807, 2.05) is 54.6 Å². The highest BCUT2D eigenvalue weighted by Crippen LogP contribution is 2.34. The van der Waals surface area contributed by atoms with Gasteiger partial charge in [-0.25, -0.2) is 4.39 Å². The van der Waals surface area contributed by atoms with Gasteiger partial charge in [0, 0.05) is 42.0 Å². The molecule has 5 rings (SSSR count). The zero-order chi connectivity index (χ0) is 25.1. The van der Waals surface area contributed by atoms with E-state index in [9.17, 15) is 4.39 Å². The summed E-state index contributed by atoms with van der Waals surface area (Å²) < 4.78 is 24.7. The molecule has 0 unspecified atom stereocenters. The van der Waals surface area contributed by atoms with Gasteiger partial charge in [0.15, 0.2) is 5.82 Å². The van der Waals surface area contributed by atoms with Gasteiger partial charge in [-0.05, 0) is 79.4 Å². The van der Waals surface area contributed by atoms with Crippen molar-refractivity contribution < 1.29 is 13.9 Å². The summed E-state index contributed by atoms with van der Waals surface area (Å²) in [6.45, 7) is 4.43. The first kappa shape index (κ1) is 24.0. The van der Waals surface area contributed by atoms with Crippen LogP contribution < -0.4 is 14.8 Å². The van der Waals surface area contributed by atoms with Gasteiger partial charge in [0.2, 0.25) is 0 Å². The number of ether oxygens (including phenoxy) is 2. The number of halogens is 1. The monoisotopic (exact) mass is 486 g/mol. The quantitative estimate of drug-likeness (QED) is 0.354. The molecule has 0 spiro atoms. The maximum absolute atomic E-state index is 13.9. The number of hydrogen-bond acceptors (Lipinski definition) is 6. The number of methoxy groups -OCH3 is 2. The molecule has 1 aliphatic heterocycles. The summed E-state index contributed by atoms with van der Waals surface area (Å²) >= 11 is 0. The van der Waals surface area contributed by atoms with Gasteiger partial charge in [0.25, 0.3) is 0 Å². The fourth-order valence-electron chi connectivity index (χ4n) is 4.75. The van der Waals surface area contributed by atoms with E-state index in [2.05, 4.69) is 20.4 Å². The van der Waals surface area contributed by atoms with E-state index in [-0.39, 0.29) is 11.9 Å². The van der Waals surface area contributed by atoms with Crippen LogP contribution in [-0.2, 0) is 6.54 Å². The predicted octanol–water partition coefficient (Wildman–Crippen LogP) is 5.84. The second-order valence-corrected chi connectivity index (χ2v) is 9.32. The van der Waals surface area contributed by atoms with E-state index in [4.69, 9.17) is 9.47 Å². The van der Waals surface area contributed by atoms with Gasteiger partial charge in [-0.1, -0.05) is 12.1 Å². The van der Waals surface area contributed by atoms with Gasteiger partial charge in [-0.2, -0.15) is 0 Å². The van der Waals surface area contributed by atoms with Gasteiger partial charge < -0.3 is 14.8 Å². The maximum atomic E-state index is 13.9. The lowest BCUT2D eigenvalue weighted by molar-refractivity contribution is 0.211. The van der Waals surface area contributed by atoms with Crippen molar-refractivity contribution in [2.24, 2.45) is 0 Å². The third-order valence-corrected chi connectivity index (χ3v) is 6.92. The third kappa shape index (κ3) is 5.11. The molecular weight excluding hydrogens is 455 g/mol. The smallest absolute Gasteiger partial charge is 0.156 e. The second-order valence-electron chi connectivity index (χ2n) is 9.32. The van der Waals surface area contributed by atoms with Crippen LogP contribution in [0.2, 0.25) is 0 Å². The molecule has 1 saturated heterocycles. The summed E-state index contributed by atoms with van der Waals surface area (Å²) in [6.07, 6.45) is 1.95. The van der Waals surface area contributed by atoms with Gasteiger partial charge in [0.1, 0.15) is 23.0 Å². The van der Waals surface area contributed by atoms with Gasteiger partial charge in [0.05, 0.1) is 14.2 Å². The Bertz CT molecular complexity index is 1350. The molecule has 0 amide bonds. The Morgan fingerprint density at radius 1 is 0.889 bits per heavy atom. The van der Waals surface area contributed by atoms with E-state index in [1.54, 1.807) is 27.2 Å². The lowest BCUT2D eigenvalue weighted by Crippen LogP contribution is -2.38. The number of likely N-dealkylation sites (tertiary alicyclic amines) is 1. The Hall–Kier alpha value is -3.71. The normalized spacial score (nSPS) is 14.7. The Kier molecular flexibility index (Phi) is 7.00. The van der Waals surface area contributed by atoms with Crippen molar-refractivity contribution in [1.82, 2.24) is 15.1 Å². The summed E-state index contributed by atoms with van der Waals surface area (Å²) in [5.74, 6) is 2.21. The van der Waals surface area contributed by atoms with Crippen LogP contribution in [0.5, 0.6) is 11.5 Å². The zero-order valence-electron chi connectivity index (χ0n) is 20.9. The van der Waals surface area contributed by atoms with E-state index < -0.39 is 0 Å². The van der Waals surface area contributed by atoms with Crippen LogP contribution in [0.1, 0.15) is 24.0 Å². The molecule has 2 heterocycles. The molecule has 36 heavy (non-hydrogen) atoms. The van der Waals surface area contributed by atoms with Crippen LogP contribution in [-0.4, -0.2) is 48.4 Å². The summed E-state index contributed by atoms with van der Waals surface area (Å²) in [7, 11) is 3.33. The van der Waals surface area contributed by atoms with Crippen LogP contribution in [0.15, 0.2) is 60.7 Å². The fourth-order valence-corrected chi connectivity index (χ4v) is 4.75. The van der Waals surface area contributed by atoms with Gasteiger partial charge >= 0.3 is 0 Å². The van der Waals surface area contributed by atoms with Crippen molar-refractivity contribution in [3.63, 3.8) is 0 Å². The van der Waals surface area contributed by atoms with Crippen molar-refractivity contribution in [3.05, 3.63) is 77.6 Å². The minimum atomic E-state index is -0.136. The molecule has 0 aliphatic carbocycles. The first-order valence-corrected chi connectivity index (χ1v) is 12.3. The van der Waals surface area contributed by atoms with Crippen LogP contribution in [0.3, 0.4) is 0 Å². The molecule has 0 saturated carbocycles. The van der Waals surface area contributed by atoms with E-state index >= 15 is 0 Å². The van der Waals surface area contributed by atoms with Crippen molar-refractivity contribution in [1.29, 1.82) is 0 Å². The zero-order valence-corrected chi connectivity index (χ0v) is 20.9. The molecule has 0 bridgehead atoms. The summed E-state index contributed by atoms with van der Waals surface area (Å²) in [6, 6.07) is 19.7. The number of fused-ring (bicyclic) bond motifs is 1. The highest BCUT2D eigenvalue weighted by Gasteiger charge is 2.21. The molecule has 0 atom stereocenters. The van der Waals surface area contributed by atoms with Crippen molar-refractivity contribution >= 4 is 16.6 Å². The Morgan fingerprint density at radius 2 is 1.61 bits per heavy atom. The predicted molar refractivity (Wildman–Crippen MR) is 141 cm³/mol. The minimum absolute atomic E-state index is 0.136. The number of nitrogens with one attached hydrogen (secondary N) is 1. The van der Waals surface area contributed by atoms with Crippen LogP contribution in [0.4, 0.5) is 10.2 Å². The number of piperidine rings is 1. The first-order valence-electron chi connectivity index (χ1n) is 12.3. The van der Waals surface area contributed by atoms with Crippen LogP contribution in [0, 0.1) is 12.7 Å². The average molecular weight is 487 g/mol. The lowest BCUT2D eigenvalue weighted by atomic mass is 10.0. The van der Waals surface area contributed by atoms with E-state index in [0.29, 0.717) is 5.56 Å². The molecule has 3 aromatic carbocycles. The first-order chi connectivity index (χ1) is 17.5. The van der Waals surface area contributed by atoms with E-state index in [1.165, 1.54) is 0 Å². The van der Waals surface area contributed by atoms with Gasteiger partial charge in [-0.15, -0.1) is 10.2 Å². The summed E-state index contributed by atoms with van der Waals surface area (Å²) in [4.78, 5) is 2.38. The number of rotatable bonds is 7. The highest BCUT2D eigenvalue weighted by molar-refractivity contribution is 6.00. The SMILES string of the molecule is COc1ccc(-c2nnc(NC3CCN(Cc4ccc(C)c(F)c4)CC3)c3cc(OC)ccc23)cc1. The number of aromatic nitrogens is 2. The molecule has 6 nitrogen and oxygen atoms in total. The maximum Gasteiger partial charge on any atom is 0.156 e. The molecule has 1 aromatic heterocycles. The standard InChI is InChI=1S/C29H31FN4O2/c1-19-4-5-20(16-27(19)30)18-34-14-12-22(13-15-34)31-29-26-17-24(36-3)10-11-25(26)28(32-33-29)21-6-8-23(35-2)9-7-21/h4-11,16-17,22H,12-15,18H2,1-3H3,(H,31,33). The molecule has 7 heteroatoms. The van der Waals surface area contributed by atoms with E-state index in [0.717, 1.165) is 77.4 Å². The molecule has 1 fully saturated rings. The topological polar surface area (TPSA) is 59.5 Å². The highest BCUT2D eigenvalue weighted by atomic mass is 19.1.